The minimum absolute atomic E-state index is 0.0151. The maximum absolute atomic E-state index is 13.8. The van der Waals surface area contributed by atoms with E-state index < -0.39 is 23.6 Å². The number of rotatable bonds is 8. The molecule has 1 amide bonds. The summed E-state index contributed by atoms with van der Waals surface area (Å²) < 4.78 is 57.3. The number of aromatic amines is 1. The van der Waals surface area contributed by atoms with E-state index in [1.54, 1.807) is 43.3 Å². The number of amides is 1. The minimum Gasteiger partial charge on any atom is -0.490 e. The molecule has 0 spiro atoms. The number of alkyl halides is 3. The second-order valence-electron chi connectivity index (χ2n) is 8.79. The topological polar surface area (TPSA) is 106 Å². The third-order valence-electron chi connectivity index (χ3n) is 6.08. The fraction of sp³-hybridized carbons (Fsp3) is 0.100. The van der Waals surface area contributed by atoms with Gasteiger partial charge in [-0.1, -0.05) is 41.9 Å². The number of ether oxygens (including phenoxy) is 2. The molecule has 5 rings (SSSR count). The predicted molar refractivity (Wildman–Crippen MR) is 150 cm³/mol. The lowest BCUT2D eigenvalue weighted by Crippen LogP contribution is -2.19. The van der Waals surface area contributed by atoms with Crippen LogP contribution in [-0.2, 0) is 6.18 Å². The fourth-order valence-electron chi connectivity index (χ4n) is 4.29. The molecule has 0 bridgehead atoms. The molecule has 0 radical (unpaired) electrons. The van der Waals surface area contributed by atoms with Crippen LogP contribution in [0.25, 0.3) is 22.0 Å². The van der Waals surface area contributed by atoms with Gasteiger partial charge >= 0.3 is 12.1 Å². The van der Waals surface area contributed by atoms with E-state index in [0.29, 0.717) is 11.1 Å². The maximum Gasteiger partial charge on any atom is 0.418 e. The van der Waals surface area contributed by atoms with E-state index in [1.807, 2.05) is 0 Å². The van der Waals surface area contributed by atoms with Crippen LogP contribution in [0.2, 0.25) is 5.02 Å². The zero-order chi connectivity index (χ0) is 29.9. The third kappa shape index (κ3) is 5.86. The van der Waals surface area contributed by atoms with Gasteiger partial charge in [0.1, 0.15) is 5.69 Å². The van der Waals surface area contributed by atoms with Crippen LogP contribution in [0.3, 0.4) is 0 Å². The molecule has 0 unspecified atom stereocenters. The van der Waals surface area contributed by atoms with Gasteiger partial charge in [0.2, 0.25) is 5.76 Å². The molecule has 3 aromatic carbocycles. The third-order valence-corrected chi connectivity index (χ3v) is 6.41. The van der Waals surface area contributed by atoms with Gasteiger partial charge in [-0.2, -0.15) is 18.3 Å². The van der Waals surface area contributed by atoms with Crippen LogP contribution in [0.4, 0.5) is 13.2 Å². The van der Waals surface area contributed by atoms with Crippen molar-refractivity contribution in [3.05, 3.63) is 107 Å². The Balaban J connectivity index is 1.44. The first-order valence-corrected chi connectivity index (χ1v) is 12.9. The number of para-hydroxylation sites is 1. The summed E-state index contributed by atoms with van der Waals surface area (Å²) in [6, 6.07) is 17.8. The van der Waals surface area contributed by atoms with E-state index in [9.17, 15) is 22.8 Å². The number of H-pyrrole nitrogens is 1. The molecule has 2 heterocycles. The summed E-state index contributed by atoms with van der Waals surface area (Å²) in [6.07, 6.45) is -2.02. The number of carbonyl (C=O) groups excluding carboxylic acids is 2. The lowest BCUT2D eigenvalue weighted by atomic mass is 10.00. The van der Waals surface area contributed by atoms with Gasteiger partial charge in [0, 0.05) is 21.5 Å². The number of aromatic nitrogens is 1. The van der Waals surface area contributed by atoms with E-state index in [0.717, 1.165) is 6.07 Å². The first-order chi connectivity index (χ1) is 20.2. The van der Waals surface area contributed by atoms with Crippen molar-refractivity contribution in [3.63, 3.8) is 0 Å². The number of nitrogens with zero attached hydrogens (tertiary/aromatic N) is 1. The Hall–Kier alpha value is -5.03. The number of esters is 1. The molecule has 0 saturated carbocycles. The predicted octanol–water partition coefficient (Wildman–Crippen LogP) is 7.48. The monoisotopic (exact) mass is 595 g/mol. The summed E-state index contributed by atoms with van der Waals surface area (Å²) >= 11 is 6.37. The molecule has 0 saturated heterocycles. The van der Waals surface area contributed by atoms with Crippen molar-refractivity contribution in [2.75, 3.05) is 6.61 Å². The molecular weight excluding hydrogens is 575 g/mol. The molecule has 0 aliphatic heterocycles. The average Bonchev–Trinajstić information content (AvgIpc) is 3.63. The highest BCUT2D eigenvalue weighted by molar-refractivity contribution is 6.34. The number of hydrazone groups is 1. The Bertz CT molecular complexity index is 1800. The fourth-order valence-corrected chi connectivity index (χ4v) is 4.52. The standard InChI is InChI=1S/C30H21ClF3N3O5/c1-2-40-24-15-17(12-13-22(24)42-29(39)23-11-6-14-41-23)16-35-37-28(38)27-25(18-7-3-4-10-21(18)31)19-8-5-9-20(26(19)36-27)30(32,33)34/h3-16,36H,2H2,1H3,(H,37,38). The number of furan rings is 1. The average molecular weight is 596 g/mol. The smallest absolute Gasteiger partial charge is 0.418 e. The first-order valence-electron chi connectivity index (χ1n) is 12.5. The number of carbonyl (C=O) groups is 2. The Morgan fingerprint density at radius 1 is 1.05 bits per heavy atom. The maximum atomic E-state index is 13.8. The van der Waals surface area contributed by atoms with Crippen molar-refractivity contribution in [3.8, 4) is 22.6 Å². The molecule has 42 heavy (non-hydrogen) atoms. The second kappa shape index (κ2) is 11.8. The van der Waals surface area contributed by atoms with Gasteiger partial charge in [-0.15, -0.1) is 0 Å². The molecule has 8 nitrogen and oxygen atoms in total. The SMILES string of the molecule is CCOc1cc(C=NNC(=O)c2[nH]c3c(C(F)(F)F)cccc3c2-c2ccccc2Cl)ccc1OC(=O)c1ccco1. The highest BCUT2D eigenvalue weighted by Crippen LogP contribution is 2.41. The highest BCUT2D eigenvalue weighted by atomic mass is 35.5. The van der Waals surface area contributed by atoms with Crippen molar-refractivity contribution in [1.82, 2.24) is 10.4 Å². The van der Waals surface area contributed by atoms with E-state index in [2.05, 4.69) is 15.5 Å². The number of halogens is 4. The quantitative estimate of drug-likeness (QED) is 0.0837. The number of hydrogen-bond donors (Lipinski definition) is 2. The molecule has 0 atom stereocenters. The summed E-state index contributed by atoms with van der Waals surface area (Å²) in [4.78, 5) is 28.2. The molecule has 5 aromatic rings. The van der Waals surface area contributed by atoms with Gasteiger partial charge < -0.3 is 18.9 Å². The van der Waals surface area contributed by atoms with Crippen LogP contribution < -0.4 is 14.9 Å². The van der Waals surface area contributed by atoms with Crippen molar-refractivity contribution >= 4 is 40.6 Å². The van der Waals surface area contributed by atoms with Crippen LogP contribution in [0, 0.1) is 0 Å². The van der Waals surface area contributed by atoms with Crippen molar-refractivity contribution < 1.29 is 36.7 Å². The zero-order valence-corrected chi connectivity index (χ0v) is 22.5. The summed E-state index contributed by atoms with van der Waals surface area (Å²) in [5.41, 5.74) is 2.07. The van der Waals surface area contributed by atoms with Crippen LogP contribution >= 0.6 is 11.6 Å². The molecule has 2 aromatic heterocycles. The van der Waals surface area contributed by atoms with Crippen molar-refractivity contribution in [2.45, 2.75) is 13.1 Å². The van der Waals surface area contributed by atoms with Gasteiger partial charge in [-0.25, -0.2) is 10.2 Å². The van der Waals surface area contributed by atoms with E-state index in [1.165, 1.54) is 42.8 Å². The lowest BCUT2D eigenvalue weighted by molar-refractivity contribution is -0.136. The molecule has 0 fully saturated rings. The summed E-state index contributed by atoms with van der Waals surface area (Å²) in [6.45, 7) is 2.02. The van der Waals surface area contributed by atoms with Crippen molar-refractivity contribution in [1.29, 1.82) is 0 Å². The van der Waals surface area contributed by atoms with E-state index >= 15 is 0 Å². The van der Waals surface area contributed by atoms with Gasteiger partial charge in [0.25, 0.3) is 5.91 Å². The number of nitrogens with one attached hydrogen (secondary N) is 2. The van der Waals surface area contributed by atoms with Crippen LogP contribution in [0.15, 0.2) is 88.6 Å². The Morgan fingerprint density at radius 3 is 2.57 bits per heavy atom. The molecular formula is C30H21ClF3N3O5. The van der Waals surface area contributed by atoms with Gasteiger partial charge in [-0.05, 0) is 55.0 Å². The number of benzene rings is 3. The highest BCUT2D eigenvalue weighted by Gasteiger charge is 2.35. The molecule has 0 aliphatic carbocycles. The minimum atomic E-state index is -4.66. The van der Waals surface area contributed by atoms with Crippen LogP contribution in [0.1, 0.15) is 39.1 Å². The Morgan fingerprint density at radius 2 is 1.86 bits per heavy atom. The zero-order valence-electron chi connectivity index (χ0n) is 21.8. The number of hydrogen-bond acceptors (Lipinski definition) is 6. The summed E-state index contributed by atoms with van der Waals surface area (Å²) in [5.74, 6) is -1.11. The van der Waals surface area contributed by atoms with Gasteiger partial charge in [0.05, 0.1) is 30.2 Å². The molecule has 12 heteroatoms. The summed E-state index contributed by atoms with van der Waals surface area (Å²) in [5, 5.41) is 4.40. The van der Waals surface area contributed by atoms with Crippen LogP contribution in [0.5, 0.6) is 11.5 Å². The Labute approximate surface area is 241 Å². The lowest BCUT2D eigenvalue weighted by Gasteiger charge is -2.10. The summed E-state index contributed by atoms with van der Waals surface area (Å²) in [7, 11) is 0. The molecule has 214 valence electrons. The van der Waals surface area contributed by atoms with Crippen LogP contribution in [-0.4, -0.2) is 29.7 Å². The van der Waals surface area contributed by atoms with Crippen molar-refractivity contribution in [2.24, 2.45) is 5.10 Å². The van der Waals surface area contributed by atoms with Gasteiger partial charge in [-0.3, -0.25) is 4.79 Å². The first kappa shape index (κ1) is 28.5. The Kier molecular flexibility index (Phi) is 8.03. The normalized spacial score (nSPS) is 11.6. The molecule has 0 aliphatic rings. The molecule has 2 N–H and O–H groups in total. The largest absolute Gasteiger partial charge is 0.490 e. The second-order valence-corrected chi connectivity index (χ2v) is 9.19. The van der Waals surface area contributed by atoms with E-state index in [4.69, 9.17) is 25.5 Å². The van der Waals surface area contributed by atoms with E-state index in [-0.39, 0.29) is 51.0 Å². The number of fused-ring (bicyclic) bond motifs is 1. The van der Waals surface area contributed by atoms with Gasteiger partial charge in [0.15, 0.2) is 11.5 Å².